The zero-order valence-electron chi connectivity index (χ0n) is 10.7. The molecule has 0 aliphatic heterocycles. The number of halogens is 3. The van der Waals surface area contributed by atoms with E-state index in [4.69, 9.17) is 0 Å². The number of hydrogen-bond donors (Lipinski definition) is 1. The van der Waals surface area contributed by atoms with E-state index in [0.29, 0.717) is 6.54 Å². The van der Waals surface area contributed by atoms with Gasteiger partial charge in [-0.25, -0.2) is 0 Å². The Bertz CT molecular complexity index is 359. The molecule has 5 heteroatoms. The van der Waals surface area contributed by atoms with Crippen molar-refractivity contribution in [1.29, 1.82) is 0 Å². The largest absolute Gasteiger partial charge is 0.418 e. The number of para-hydroxylation sites is 1. The van der Waals surface area contributed by atoms with Gasteiger partial charge in [0, 0.05) is 18.8 Å². The second kappa shape index (κ2) is 6.64. The van der Waals surface area contributed by atoms with Crippen molar-refractivity contribution in [2.75, 3.05) is 31.5 Å². The van der Waals surface area contributed by atoms with Gasteiger partial charge in [-0.1, -0.05) is 26.0 Å². The van der Waals surface area contributed by atoms with Crippen molar-refractivity contribution < 1.29 is 13.2 Å². The standard InChI is InChI=1S/C13H19F3N2/c1-3-18(4-2)10-9-17-12-8-6-5-7-11(12)13(14,15)16/h5-8,17H,3-4,9-10H2,1-2H3. The molecule has 0 radical (unpaired) electrons. The molecule has 18 heavy (non-hydrogen) atoms. The van der Waals surface area contributed by atoms with E-state index in [1.807, 2.05) is 13.8 Å². The molecule has 0 bridgehead atoms. The minimum atomic E-state index is -4.31. The molecule has 0 aromatic heterocycles. The Balaban J connectivity index is 2.62. The van der Waals surface area contributed by atoms with Crippen LogP contribution >= 0.6 is 0 Å². The third kappa shape index (κ3) is 4.22. The Labute approximate surface area is 106 Å². The van der Waals surface area contributed by atoms with Gasteiger partial charge in [-0.2, -0.15) is 13.2 Å². The molecule has 0 saturated carbocycles. The SMILES string of the molecule is CCN(CC)CCNc1ccccc1C(F)(F)F. The van der Waals surface area contributed by atoms with Crippen LogP contribution in [0, 0.1) is 0 Å². The Morgan fingerprint density at radius 1 is 1.11 bits per heavy atom. The summed E-state index contributed by atoms with van der Waals surface area (Å²) in [5.74, 6) is 0. The van der Waals surface area contributed by atoms with Gasteiger partial charge < -0.3 is 10.2 Å². The summed E-state index contributed by atoms with van der Waals surface area (Å²) >= 11 is 0. The molecule has 1 aromatic rings. The summed E-state index contributed by atoms with van der Waals surface area (Å²) in [5.41, 5.74) is -0.457. The van der Waals surface area contributed by atoms with Crippen molar-refractivity contribution in [3.63, 3.8) is 0 Å². The first-order valence-electron chi connectivity index (χ1n) is 6.11. The predicted octanol–water partition coefficient (Wildman–Crippen LogP) is 3.46. The van der Waals surface area contributed by atoms with Gasteiger partial charge in [0.05, 0.1) is 5.56 Å². The molecule has 0 saturated heterocycles. The van der Waals surface area contributed by atoms with Crippen LogP contribution < -0.4 is 5.32 Å². The van der Waals surface area contributed by atoms with E-state index in [9.17, 15) is 13.2 Å². The third-order valence-electron chi connectivity index (χ3n) is 2.87. The third-order valence-corrected chi connectivity index (χ3v) is 2.87. The van der Waals surface area contributed by atoms with Crippen molar-refractivity contribution >= 4 is 5.69 Å². The fourth-order valence-electron chi connectivity index (χ4n) is 1.77. The van der Waals surface area contributed by atoms with E-state index >= 15 is 0 Å². The van der Waals surface area contributed by atoms with Crippen molar-refractivity contribution in [3.05, 3.63) is 29.8 Å². The lowest BCUT2D eigenvalue weighted by Crippen LogP contribution is -2.29. The maximum absolute atomic E-state index is 12.7. The van der Waals surface area contributed by atoms with Crippen LogP contribution in [0.25, 0.3) is 0 Å². The van der Waals surface area contributed by atoms with Gasteiger partial charge in [0.15, 0.2) is 0 Å². The van der Waals surface area contributed by atoms with Crippen LogP contribution in [0.3, 0.4) is 0 Å². The summed E-state index contributed by atoms with van der Waals surface area (Å²) in [6.45, 7) is 7.12. The van der Waals surface area contributed by atoms with Crippen molar-refractivity contribution in [2.24, 2.45) is 0 Å². The highest BCUT2D eigenvalue weighted by Crippen LogP contribution is 2.34. The van der Waals surface area contributed by atoms with Gasteiger partial charge in [-0.3, -0.25) is 0 Å². The zero-order chi connectivity index (χ0) is 13.6. The number of benzene rings is 1. The van der Waals surface area contributed by atoms with Crippen LogP contribution in [0.4, 0.5) is 18.9 Å². The number of hydrogen-bond acceptors (Lipinski definition) is 2. The maximum Gasteiger partial charge on any atom is 0.418 e. The lowest BCUT2D eigenvalue weighted by molar-refractivity contribution is -0.136. The van der Waals surface area contributed by atoms with E-state index < -0.39 is 11.7 Å². The topological polar surface area (TPSA) is 15.3 Å². The van der Waals surface area contributed by atoms with Crippen LogP contribution in [0.15, 0.2) is 24.3 Å². The van der Waals surface area contributed by atoms with E-state index in [1.54, 1.807) is 6.07 Å². The van der Waals surface area contributed by atoms with Crippen LogP contribution in [-0.4, -0.2) is 31.1 Å². The summed E-state index contributed by atoms with van der Waals surface area (Å²) in [6.07, 6.45) is -4.31. The average molecular weight is 260 g/mol. The molecule has 0 unspecified atom stereocenters. The molecule has 0 aliphatic rings. The molecule has 1 rings (SSSR count). The molecular weight excluding hydrogens is 241 g/mol. The molecule has 0 fully saturated rings. The highest BCUT2D eigenvalue weighted by atomic mass is 19.4. The number of likely N-dealkylation sites (N-methyl/N-ethyl adjacent to an activating group) is 1. The van der Waals surface area contributed by atoms with Crippen LogP contribution in [-0.2, 0) is 6.18 Å². The molecule has 0 atom stereocenters. The second-order valence-electron chi connectivity index (χ2n) is 4.00. The number of nitrogens with zero attached hydrogens (tertiary/aromatic N) is 1. The van der Waals surface area contributed by atoms with Crippen molar-refractivity contribution in [3.8, 4) is 0 Å². The fourth-order valence-corrected chi connectivity index (χ4v) is 1.77. The van der Waals surface area contributed by atoms with Crippen LogP contribution in [0.1, 0.15) is 19.4 Å². The lowest BCUT2D eigenvalue weighted by atomic mass is 10.1. The number of nitrogens with one attached hydrogen (secondary N) is 1. The van der Waals surface area contributed by atoms with Gasteiger partial charge in [0.2, 0.25) is 0 Å². The summed E-state index contributed by atoms with van der Waals surface area (Å²) in [4.78, 5) is 2.16. The Hall–Kier alpha value is -1.23. The van der Waals surface area contributed by atoms with Crippen LogP contribution in [0.2, 0.25) is 0 Å². The molecule has 1 N–H and O–H groups in total. The molecule has 0 spiro atoms. The van der Waals surface area contributed by atoms with Gasteiger partial charge in [-0.15, -0.1) is 0 Å². The van der Waals surface area contributed by atoms with E-state index in [2.05, 4.69) is 10.2 Å². The predicted molar refractivity (Wildman–Crippen MR) is 67.7 cm³/mol. The Morgan fingerprint density at radius 2 is 1.72 bits per heavy atom. The van der Waals surface area contributed by atoms with Crippen molar-refractivity contribution in [2.45, 2.75) is 20.0 Å². The van der Waals surface area contributed by atoms with Crippen LogP contribution in [0.5, 0.6) is 0 Å². The molecular formula is C13H19F3N2. The average Bonchev–Trinajstić information content (AvgIpc) is 2.34. The Morgan fingerprint density at radius 3 is 2.28 bits per heavy atom. The Kier molecular flexibility index (Phi) is 5.47. The quantitative estimate of drug-likeness (QED) is 0.842. The molecule has 2 nitrogen and oxygen atoms in total. The summed E-state index contributed by atoms with van der Waals surface area (Å²) < 4.78 is 38.1. The minimum absolute atomic E-state index is 0.150. The van der Waals surface area contributed by atoms with E-state index in [1.165, 1.54) is 12.1 Å². The number of anilines is 1. The van der Waals surface area contributed by atoms with E-state index in [0.717, 1.165) is 25.7 Å². The van der Waals surface area contributed by atoms with Gasteiger partial charge in [-0.05, 0) is 25.2 Å². The molecule has 0 aliphatic carbocycles. The second-order valence-corrected chi connectivity index (χ2v) is 4.00. The highest BCUT2D eigenvalue weighted by molar-refractivity contribution is 5.52. The lowest BCUT2D eigenvalue weighted by Gasteiger charge is -2.19. The van der Waals surface area contributed by atoms with Gasteiger partial charge in [0.25, 0.3) is 0 Å². The highest BCUT2D eigenvalue weighted by Gasteiger charge is 2.32. The molecule has 0 amide bonds. The molecule has 0 heterocycles. The zero-order valence-corrected chi connectivity index (χ0v) is 10.7. The summed E-state index contributed by atoms with van der Waals surface area (Å²) in [6, 6.07) is 5.57. The number of alkyl halides is 3. The normalized spacial score (nSPS) is 11.9. The van der Waals surface area contributed by atoms with Gasteiger partial charge >= 0.3 is 6.18 Å². The smallest absolute Gasteiger partial charge is 0.383 e. The maximum atomic E-state index is 12.7. The molecule has 1 aromatic carbocycles. The molecule has 102 valence electrons. The van der Waals surface area contributed by atoms with Gasteiger partial charge in [0.1, 0.15) is 0 Å². The number of rotatable bonds is 6. The fraction of sp³-hybridized carbons (Fsp3) is 0.538. The monoisotopic (exact) mass is 260 g/mol. The summed E-state index contributed by atoms with van der Waals surface area (Å²) in [7, 11) is 0. The summed E-state index contributed by atoms with van der Waals surface area (Å²) in [5, 5.41) is 2.86. The first-order valence-corrected chi connectivity index (χ1v) is 6.11. The minimum Gasteiger partial charge on any atom is -0.383 e. The van der Waals surface area contributed by atoms with Crippen molar-refractivity contribution in [1.82, 2.24) is 4.90 Å². The first kappa shape index (κ1) is 14.8. The first-order chi connectivity index (χ1) is 8.49. The van der Waals surface area contributed by atoms with E-state index in [-0.39, 0.29) is 5.69 Å².